The highest BCUT2D eigenvalue weighted by Gasteiger charge is 2.31. The lowest BCUT2D eigenvalue weighted by Crippen LogP contribution is -2.46. The van der Waals surface area contributed by atoms with Gasteiger partial charge in [-0.05, 0) is 85.9 Å². The minimum atomic E-state index is -0.645. The van der Waals surface area contributed by atoms with Gasteiger partial charge in [-0.2, -0.15) is 0 Å². The van der Waals surface area contributed by atoms with Gasteiger partial charge in [-0.25, -0.2) is 0 Å². The zero-order chi connectivity index (χ0) is 26.0. The Morgan fingerprint density at radius 3 is 2.28 bits per heavy atom. The van der Waals surface area contributed by atoms with Gasteiger partial charge in [0.05, 0.1) is 17.8 Å². The predicted octanol–water partition coefficient (Wildman–Crippen LogP) is 4.99. The van der Waals surface area contributed by atoms with Crippen molar-refractivity contribution in [3.63, 3.8) is 0 Å². The molecule has 3 aromatic carbocycles. The van der Waals surface area contributed by atoms with Gasteiger partial charge in [-0.15, -0.1) is 0 Å². The van der Waals surface area contributed by atoms with Crippen molar-refractivity contribution in [2.45, 2.75) is 66.0 Å². The summed E-state index contributed by atoms with van der Waals surface area (Å²) in [7, 11) is 0. The van der Waals surface area contributed by atoms with Gasteiger partial charge < -0.3 is 16.0 Å². The summed E-state index contributed by atoms with van der Waals surface area (Å²) in [4.78, 5) is 27.5. The van der Waals surface area contributed by atoms with Gasteiger partial charge >= 0.3 is 0 Å². The first-order valence-electron chi connectivity index (χ1n) is 12.7. The van der Waals surface area contributed by atoms with E-state index in [1.54, 1.807) is 6.92 Å². The number of nitrogens with one attached hydrogen (secondary N) is 1. The highest BCUT2D eigenvalue weighted by molar-refractivity contribution is 5.94. The molecule has 0 aliphatic carbocycles. The monoisotopic (exact) mass is 483 g/mol. The van der Waals surface area contributed by atoms with E-state index in [1.807, 2.05) is 30.0 Å². The second-order valence-electron chi connectivity index (χ2n) is 10.2. The Labute approximate surface area is 214 Å². The van der Waals surface area contributed by atoms with Crippen LogP contribution in [-0.4, -0.2) is 24.4 Å². The van der Waals surface area contributed by atoms with Crippen molar-refractivity contribution in [1.29, 1.82) is 0 Å². The Balaban J connectivity index is 1.60. The van der Waals surface area contributed by atoms with Gasteiger partial charge in [0.25, 0.3) is 0 Å². The molecule has 3 N–H and O–H groups in total. The van der Waals surface area contributed by atoms with E-state index in [0.29, 0.717) is 19.4 Å². The highest BCUT2D eigenvalue weighted by Crippen LogP contribution is 2.38. The van der Waals surface area contributed by atoms with Crippen LogP contribution in [0.4, 0.5) is 5.69 Å². The maximum Gasteiger partial charge on any atom is 0.237 e. The van der Waals surface area contributed by atoms with Crippen molar-refractivity contribution < 1.29 is 9.59 Å². The van der Waals surface area contributed by atoms with Crippen molar-refractivity contribution >= 4 is 17.5 Å². The minimum Gasteiger partial charge on any atom is -0.348 e. The molecule has 0 spiro atoms. The van der Waals surface area contributed by atoms with E-state index in [0.717, 1.165) is 45.5 Å². The van der Waals surface area contributed by atoms with Crippen LogP contribution in [0.2, 0.25) is 0 Å². The molecule has 36 heavy (non-hydrogen) atoms. The number of carbonyl (C=O) groups is 2. The fraction of sp³-hybridized carbons (Fsp3) is 0.355. The first kappa shape index (κ1) is 25.6. The van der Waals surface area contributed by atoms with E-state index in [4.69, 9.17) is 5.73 Å². The minimum absolute atomic E-state index is 0.0157. The van der Waals surface area contributed by atoms with Crippen LogP contribution in [0.5, 0.6) is 0 Å². The fourth-order valence-electron chi connectivity index (χ4n) is 5.57. The van der Waals surface area contributed by atoms with Gasteiger partial charge in [0.1, 0.15) is 0 Å². The molecule has 5 heteroatoms. The molecular formula is C31H37N3O2. The summed E-state index contributed by atoms with van der Waals surface area (Å²) in [6.45, 7) is 10.4. The molecule has 0 radical (unpaired) electrons. The topological polar surface area (TPSA) is 75.4 Å². The Morgan fingerprint density at radius 1 is 0.972 bits per heavy atom. The predicted molar refractivity (Wildman–Crippen MR) is 146 cm³/mol. The fourth-order valence-corrected chi connectivity index (χ4v) is 5.57. The smallest absolute Gasteiger partial charge is 0.237 e. The van der Waals surface area contributed by atoms with Crippen LogP contribution in [0.15, 0.2) is 54.6 Å². The van der Waals surface area contributed by atoms with Crippen LogP contribution in [0, 0.1) is 27.7 Å². The molecule has 1 aliphatic rings. The molecule has 0 fully saturated rings. The number of carbonyl (C=O) groups excluding carboxylic acids is 2. The van der Waals surface area contributed by atoms with Gasteiger partial charge in [-0.1, -0.05) is 60.2 Å². The third kappa shape index (κ3) is 5.52. The quantitative estimate of drug-likeness (QED) is 0.518. The molecule has 0 saturated heterocycles. The van der Waals surface area contributed by atoms with Crippen LogP contribution in [0.25, 0.3) is 0 Å². The average molecular weight is 484 g/mol. The number of rotatable bonds is 6. The number of fused-ring (bicyclic) bond motifs is 1. The van der Waals surface area contributed by atoms with Crippen molar-refractivity contribution in [1.82, 2.24) is 5.32 Å². The van der Waals surface area contributed by atoms with Crippen molar-refractivity contribution in [3.8, 4) is 0 Å². The Kier molecular flexibility index (Phi) is 7.60. The molecule has 5 nitrogen and oxygen atoms in total. The summed E-state index contributed by atoms with van der Waals surface area (Å²) in [5.74, 6) is -0.144. The second kappa shape index (κ2) is 10.7. The van der Waals surface area contributed by atoms with Crippen LogP contribution in [0.3, 0.4) is 0 Å². The van der Waals surface area contributed by atoms with Gasteiger partial charge in [-0.3, -0.25) is 9.59 Å². The van der Waals surface area contributed by atoms with E-state index in [1.165, 1.54) is 11.1 Å². The van der Waals surface area contributed by atoms with Gasteiger partial charge in [0.15, 0.2) is 0 Å². The van der Waals surface area contributed by atoms with E-state index in [9.17, 15) is 9.59 Å². The van der Waals surface area contributed by atoms with Crippen LogP contribution in [-0.2, 0) is 22.4 Å². The molecule has 1 heterocycles. The maximum atomic E-state index is 13.3. The van der Waals surface area contributed by atoms with Crippen LogP contribution in [0.1, 0.15) is 63.9 Å². The van der Waals surface area contributed by atoms with Gasteiger partial charge in [0.2, 0.25) is 11.8 Å². The number of aryl methyl sites for hydroxylation is 4. The zero-order valence-corrected chi connectivity index (χ0v) is 22.0. The van der Waals surface area contributed by atoms with Crippen LogP contribution >= 0.6 is 0 Å². The molecule has 4 rings (SSSR count). The second-order valence-corrected chi connectivity index (χ2v) is 10.2. The first-order chi connectivity index (χ1) is 17.1. The van der Waals surface area contributed by atoms with E-state index >= 15 is 0 Å². The lowest BCUT2D eigenvalue weighted by atomic mass is 9.89. The summed E-state index contributed by atoms with van der Waals surface area (Å²) in [5, 5.41) is 3.22. The molecule has 1 aliphatic heterocycles. The van der Waals surface area contributed by atoms with Crippen LogP contribution < -0.4 is 16.0 Å². The number of hydrogen-bond acceptors (Lipinski definition) is 3. The molecule has 0 bridgehead atoms. The number of hydrogen-bond donors (Lipinski definition) is 2. The molecule has 2 atom stereocenters. The molecule has 0 saturated carbocycles. The standard InChI is InChI=1S/C31H37N3O2/c1-19-13-20(2)26(21(3)14-19)18-28(32)31(36)33-29-11-12-34(23(5)35)30-22(4)15-25(17-27(29)30)16-24-9-7-6-8-10-24/h6-10,13-15,17,28-29H,11-12,16,18,32H2,1-5H3,(H,33,36)/t28-,29+/m0/s1. The van der Waals surface area contributed by atoms with Crippen molar-refractivity contribution in [3.05, 3.63) is 99.1 Å². The Hall–Kier alpha value is -3.44. The first-order valence-corrected chi connectivity index (χ1v) is 12.7. The van der Waals surface area contributed by atoms with Crippen molar-refractivity contribution in [2.75, 3.05) is 11.4 Å². The SMILES string of the molecule is CC(=O)N1CC[C@@H](NC(=O)[C@@H](N)Cc2c(C)cc(C)cc2C)c2cc(Cc3ccccc3)cc(C)c21. The number of anilines is 1. The molecule has 2 amide bonds. The van der Waals surface area contributed by atoms with E-state index in [-0.39, 0.29) is 17.9 Å². The van der Waals surface area contributed by atoms with Crippen molar-refractivity contribution in [2.24, 2.45) is 5.73 Å². The lowest BCUT2D eigenvalue weighted by molar-refractivity contribution is -0.123. The number of nitrogens with two attached hydrogens (primary N) is 1. The maximum absolute atomic E-state index is 13.3. The summed E-state index contributed by atoms with van der Waals surface area (Å²) < 4.78 is 0. The summed E-state index contributed by atoms with van der Waals surface area (Å²) in [6, 6.07) is 18.1. The Morgan fingerprint density at radius 2 is 1.64 bits per heavy atom. The summed E-state index contributed by atoms with van der Waals surface area (Å²) in [6.07, 6.45) is 1.94. The lowest BCUT2D eigenvalue weighted by Gasteiger charge is -2.36. The van der Waals surface area contributed by atoms with E-state index in [2.05, 4.69) is 62.5 Å². The number of amides is 2. The molecule has 0 unspecified atom stereocenters. The van der Waals surface area contributed by atoms with E-state index < -0.39 is 6.04 Å². The normalized spacial score (nSPS) is 15.8. The summed E-state index contributed by atoms with van der Waals surface area (Å²) >= 11 is 0. The molecule has 0 aromatic heterocycles. The average Bonchev–Trinajstić information content (AvgIpc) is 2.82. The largest absolute Gasteiger partial charge is 0.348 e. The molecule has 188 valence electrons. The third-order valence-electron chi connectivity index (χ3n) is 7.23. The number of benzene rings is 3. The Bertz CT molecular complexity index is 1260. The molecular weight excluding hydrogens is 446 g/mol. The molecule has 3 aromatic rings. The summed E-state index contributed by atoms with van der Waals surface area (Å²) in [5.41, 5.74) is 16.4. The third-order valence-corrected chi connectivity index (χ3v) is 7.23. The highest BCUT2D eigenvalue weighted by atomic mass is 16.2. The van der Waals surface area contributed by atoms with Gasteiger partial charge in [0, 0.05) is 13.5 Å². The zero-order valence-electron chi connectivity index (χ0n) is 22.0. The number of nitrogens with zero attached hydrogens (tertiary/aromatic N) is 1.